The zero-order valence-electron chi connectivity index (χ0n) is 22.5. The monoisotopic (exact) mass is 556 g/mol. The van der Waals surface area contributed by atoms with E-state index in [0.717, 1.165) is 16.7 Å². The first-order valence-corrected chi connectivity index (χ1v) is 12.9. The molecule has 12 heteroatoms. The predicted octanol–water partition coefficient (Wildman–Crippen LogP) is 1.87. The maximum atomic E-state index is 12.6. The number of pyridine rings is 1. The zero-order chi connectivity index (χ0) is 29.2. The fraction of sp³-hybridized carbons (Fsp3) is 0.464. The third-order valence-electron chi connectivity index (χ3n) is 7.29. The van der Waals surface area contributed by atoms with Gasteiger partial charge in [-0.2, -0.15) is 0 Å². The molecule has 0 bridgehead atoms. The number of hydrogen-bond acceptors (Lipinski definition) is 9. The highest BCUT2D eigenvalue weighted by molar-refractivity contribution is 6.14. The highest BCUT2D eigenvalue weighted by Gasteiger charge is 2.43. The average molecular weight is 557 g/mol. The minimum absolute atomic E-state index is 0.150. The lowest BCUT2D eigenvalue weighted by molar-refractivity contribution is -0.174. The Morgan fingerprint density at radius 2 is 1.88 bits per heavy atom. The zero-order valence-corrected chi connectivity index (χ0v) is 22.5. The number of aliphatic hydroxyl groups is 1. The van der Waals surface area contributed by atoms with Gasteiger partial charge in [0.25, 0.3) is 0 Å². The van der Waals surface area contributed by atoms with E-state index in [1.807, 2.05) is 19.1 Å². The largest absolute Gasteiger partial charge is 0.493 e. The number of ether oxygens (including phenoxy) is 3. The summed E-state index contributed by atoms with van der Waals surface area (Å²) in [4.78, 5) is 52.2. The van der Waals surface area contributed by atoms with Crippen molar-refractivity contribution in [3.05, 3.63) is 57.5 Å². The van der Waals surface area contributed by atoms with Crippen LogP contribution in [0.1, 0.15) is 61.6 Å². The fourth-order valence-corrected chi connectivity index (χ4v) is 5.36. The lowest BCUT2D eigenvalue weighted by Crippen LogP contribution is -2.44. The molecule has 2 aliphatic rings. The molecule has 40 heavy (non-hydrogen) atoms. The highest BCUT2D eigenvalue weighted by atomic mass is 16.5. The fourth-order valence-electron chi connectivity index (χ4n) is 5.36. The quantitative estimate of drug-likeness (QED) is 0.367. The van der Waals surface area contributed by atoms with Gasteiger partial charge in [-0.25, -0.2) is 4.79 Å². The van der Waals surface area contributed by atoms with E-state index < -0.39 is 42.5 Å². The SMILES string of the molecule is CCOc1cc2c(cc1OC)C(c1ccc(=O)n(C)c1)=N[C@@H]1CC[C@@H](OC(=O)CC(O)(CC(=O)O)C(=O)O)C[C@H]21. The topological polar surface area (TPSA) is 174 Å². The molecule has 12 nitrogen and oxygen atoms in total. The summed E-state index contributed by atoms with van der Waals surface area (Å²) < 4.78 is 18.4. The van der Waals surface area contributed by atoms with Crippen LogP contribution in [-0.4, -0.2) is 75.0 Å². The van der Waals surface area contributed by atoms with E-state index in [1.54, 1.807) is 19.3 Å². The number of carbonyl (C=O) groups is 3. The van der Waals surface area contributed by atoms with Crippen LogP contribution in [0, 0.1) is 0 Å². The van der Waals surface area contributed by atoms with Gasteiger partial charge in [0, 0.05) is 36.4 Å². The first-order valence-electron chi connectivity index (χ1n) is 12.9. The summed E-state index contributed by atoms with van der Waals surface area (Å²) in [5.74, 6) is -3.48. The molecule has 0 spiro atoms. The molecule has 1 aromatic carbocycles. The molecule has 3 N–H and O–H groups in total. The van der Waals surface area contributed by atoms with Crippen molar-refractivity contribution in [2.45, 2.75) is 62.7 Å². The average Bonchev–Trinajstić information content (AvgIpc) is 2.89. The molecule has 2 heterocycles. The number of aliphatic carboxylic acids is 2. The van der Waals surface area contributed by atoms with Crippen LogP contribution >= 0.6 is 0 Å². The molecule has 2 aromatic rings. The van der Waals surface area contributed by atoms with E-state index in [-0.39, 0.29) is 17.5 Å². The van der Waals surface area contributed by atoms with Crippen molar-refractivity contribution in [1.29, 1.82) is 0 Å². The summed E-state index contributed by atoms with van der Waals surface area (Å²) >= 11 is 0. The summed E-state index contributed by atoms with van der Waals surface area (Å²) in [6.07, 6.45) is 0.354. The van der Waals surface area contributed by atoms with Gasteiger partial charge in [-0.3, -0.25) is 19.4 Å². The molecule has 1 aliphatic carbocycles. The van der Waals surface area contributed by atoms with Crippen LogP contribution in [0.5, 0.6) is 11.5 Å². The van der Waals surface area contributed by atoms with Gasteiger partial charge in [-0.15, -0.1) is 0 Å². The van der Waals surface area contributed by atoms with Crippen LogP contribution in [0.4, 0.5) is 0 Å². The Bertz CT molecular complexity index is 1410. The summed E-state index contributed by atoms with van der Waals surface area (Å²) in [5.41, 5.74) is 0.227. The van der Waals surface area contributed by atoms with Crippen molar-refractivity contribution in [1.82, 2.24) is 4.57 Å². The molecule has 0 amide bonds. The van der Waals surface area contributed by atoms with E-state index in [1.165, 1.54) is 17.7 Å². The molecule has 1 saturated carbocycles. The molecule has 0 saturated heterocycles. The Morgan fingerprint density at radius 1 is 1.12 bits per heavy atom. The van der Waals surface area contributed by atoms with Gasteiger partial charge in [-0.05, 0) is 49.9 Å². The number of hydrogen-bond donors (Lipinski definition) is 3. The van der Waals surface area contributed by atoms with Crippen molar-refractivity contribution in [2.75, 3.05) is 13.7 Å². The maximum absolute atomic E-state index is 12.6. The van der Waals surface area contributed by atoms with Gasteiger partial charge in [0.15, 0.2) is 17.1 Å². The Hall–Kier alpha value is -4.19. The van der Waals surface area contributed by atoms with Crippen LogP contribution in [-0.2, 0) is 26.2 Å². The van der Waals surface area contributed by atoms with E-state index in [0.29, 0.717) is 43.1 Å². The minimum Gasteiger partial charge on any atom is -0.493 e. The lowest BCUT2D eigenvalue weighted by atomic mass is 9.74. The molecule has 1 aliphatic heterocycles. The van der Waals surface area contributed by atoms with Gasteiger partial charge in [0.05, 0.1) is 38.3 Å². The second-order valence-electron chi connectivity index (χ2n) is 10.1. The van der Waals surface area contributed by atoms with Crippen LogP contribution in [0.2, 0.25) is 0 Å². The second-order valence-corrected chi connectivity index (χ2v) is 10.1. The normalized spacial score (nSPS) is 21.2. The molecule has 4 atom stereocenters. The van der Waals surface area contributed by atoms with Gasteiger partial charge < -0.3 is 34.1 Å². The number of benzene rings is 1. The number of carboxylic acids is 2. The van der Waals surface area contributed by atoms with Crippen molar-refractivity contribution in [3.8, 4) is 11.5 Å². The number of aryl methyl sites for hydroxylation is 1. The van der Waals surface area contributed by atoms with Gasteiger partial charge in [-0.1, -0.05) is 0 Å². The van der Waals surface area contributed by atoms with Gasteiger partial charge >= 0.3 is 17.9 Å². The van der Waals surface area contributed by atoms with Crippen LogP contribution < -0.4 is 15.0 Å². The van der Waals surface area contributed by atoms with E-state index >= 15 is 0 Å². The summed E-state index contributed by atoms with van der Waals surface area (Å²) in [6.45, 7) is 2.27. The molecule has 1 aromatic heterocycles. The van der Waals surface area contributed by atoms with Crippen LogP contribution in [0.15, 0.2) is 40.2 Å². The molecule has 1 fully saturated rings. The third-order valence-corrected chi connectivity index (χ3v) is 7.29. The number of methoxy groups -OCH3 is 1. The summed E-state index contributed by atoms with van der Waals surface area (Å²) in [5, 5.41) is 28.5. The first kappa shape index (κ1) is 28.8. The summed E-state index contributed by atoms with van der Waals surface area (Å²) in [7, 11) is 3.21. The summed E-state index contributed by atoms with van der Waals surface area (Å²) in [6, 6.07) is 6.78. The molecule has 0 radical (unpaired) electrons. The Morgan fingerprint density at radius 3 is 2.50 bits per heavy atom. The Labute approximate surface area is 229 Å². The van der Waals surface area contributed by atoms with Crippen LogP contribution in [0.3, 0.4) is 0 Å². The predicted molar refractivity (Wildman–Crippen MR) is 141 cm³/mol. The van der Waals surface area contributed by atoms with E-state index in [2.05, 4.69) is 0 Å². The van der Waals surface area contributed by atoms with Crippen molar-refractivity contribution in [2.24, 2.45) is 12.0 Å². The van der Waals surface area contributed by atoms with E-state index in [4.69, 9.17) is 24.3 Å². The van der Waals surface area contributed by atoms with E-state index in [9.17, 15) is 29.4 Å². The molecular weight excluding hydrogens is 524 g/mol. The smallest absolute Gasteiger partial charge is 0.336 e. The van der Waals surface area contributed by atoms with Gasteiger partial charge in [0.2, 0.25) is 5.56 Å². The number of esters is 1. The molecule has 4 rings (SSSR count). The maximum Gasteiger partial charge on any atom is 0.336 e. The number of nitrogens with zero attached hydrogens (tertiary/aromatic N) is 2. The van der Waals surface area contributed by atoms with Crippen LogP contribution in [0.25, 0.3) is 0 Å². The number of aromatic nitrogens is 1. The molecule has 1 unspecified atom stereocenters. The lowest BCUT2D eigenvalue weighted by Gasteiger charge is -2.39. The number of carbonyl (C=O) groups excluding carboxylic acids is 1. The second kappa shape index (κ2) is 11.5. The Balaban J connectivity index is 1.66. The highest BCUT2D eigenvalue weighted by Crippen LogP contribution is 2.45. The molecule has 214 valence electrons. The number of carboxylic acid groups (broad SMARTS) is 2. The number of rotatable bonds is 10. The molecular formula is C28H32N2O10. The number of fused-ring (bicyclic) bond motifs is 3. The van der Waals surface area contributed by atoms with Crippen molar-refractivity contribution < 1.29 is 43.9 Å². The third kappa shape index (κ3) is 5.86. The Kier molecular flexibility index (Phi) is 8.29. The minimum atomic E-state index is -2.77. The number of aliphatic imine (C=N–C) groups is 1. The first-order chi connectivity index (χ1) is 18.9. The van der Waals surface area contributed by atoms with Crippen molar-refractivity contribution in [3.63, 3.8) is 0 Å². The van der Waals surface area contributed by atoms with Gasteiger partial charge in [0.1, 0.15) is 6.10 Å². The van der Waals surface area contributed by atoms with Crippen molar-refractivity contribution >= 4 is 23.6 Å². The standard InChI is InChI=1S/C28H32N2O10/c1-4-39-22-10-17-18-9-16(40-25(34)13-28(37,27(35)36)12-24(32)33)6-7-20(18)29-26(19(17)11-21(22)38-3)15-5-8-23(31)30(2)14-15/h5,8,10-11,14,16,18,20,37H,4,6-7,9,12-13H2,1-3H3,(H,32,33)(H,35,36)/t16-,18-,20-,28?/m1/s1.